The van der Waals surface area contributed by atoms with Gasteiger partial charge in [-0.25, -0.2) is 0 Å². The highest BCUT2D eigenvalue weighted by Gasteiger charge is 2.09. The summed E-state index contributed by atoms with van der Waals surface area (Å²) in [7, 11) is 0. The Hall–Kier alpha value is -2.07. The highest BCUT2D eigenvalue weighted by molar-refractivity contribution is 7.99. The van der Waals surface area contributed by atoms with Gasteiger partial charge in [-0.3, -0.25) is 9.59 Å². The number of carbonyl (C=O) groups is 2. The SMILES string of the molecule is Cc1cccc(CNC=O)c1Sc1ccccc1C=O. The summed E-state index contributed by atoms with van der Waals surface area (Å²) in [6, 6.07) is 13.5. The Kier molecular flexibility index (Phi) is 4.96. The maximum absolute atomic E-state index is 11.1. The maximum atomic E-state index is 11.1. The molecule has 20 heavy (non-hydrogen) atoms. The first kappa shape index (κ1) is 14.3. The third kappa shape index (κ3) is 3.27. The van der Waals surface area contributed by atoms with Crippen LogP contribution in [0.25, 0.3) is 0 Å². The van der Waals surface area contributed by atoms with Crippen molar-refractivity contribution in [2.75, 3.05) is 0 Å². The number of aryl methyl sites for hydroxylation is 1. The molecule has 0 spiro atoms. The van der Waals surface area contributed by atoms with Crippen LogP contribution in [0.5, 0.6) is 0 Å². The van der Waals surface area contributed by atoms with Crippen LogP contribution in [0.2, 0.25) is 0 Å². The topological polar surface area (TPSA) is 46.2 Å². The van der Waals surface area contributed by atoms with Crippen LogP contribution >= 0.6 is 11.8 Å². The molecule has 0 aliphatic heterocycles. The quantitative estimate of drug-likeness (QED) is 0.829. The Balaban J connectivity index is 2.36. The summed E-state index contributed by atoms with van der Waals surface area (Å²) in [5.74, 6) is 0. The second kappa shape index (κ2) is 6.91. The molecule has 0 saturated carbocycles. The van der Waals surface area contributed by atoms with Gasteiger partial charge in [0.25, 0.3) is 0 Å². The number of hydrogen-bond acceptors (Lipinski definition) is 3. The molecule has 0 aliphatic rings. The standard InChI is InChI=1S/C16H15NO2S/c1-12-5-4-7-13(9-17-11-19)16(12)20-15-8-3-2-6-14(15)10-18/h2-8,10-11H,9H2,1H3,(H,17,19). The van der Waals surface area contributed by atoms with E-state index in [0.717, 1.165) is 27.2 Å². The van der Waals surface area contributed by atoms with Crippen LogP contribution in [0.15, 0.2) is 52.3 Å². The van der Waals surface area contributed by atoms with Gasteiger partial charge in [0, 0.05) is 21.9 Å². The molecule has 0 atom stereocenters. The molecule has 2 aromatic rings. The number of hydrogen-bond donors (Lipinski definition) is 1. The van der Waals surface area contributed by atoms with Gasteiger partial charge >= 0.3 is 0 Å². The summed E-state index contributed by atoms with van der Waals surface area (Å²) < 4.78 is 0. The largest absolute Gasteiger partial charge is 0.355 e. The van der Waals surface area contributed by atoms with Crippen LogP contribution in [0.4, 0.5) is 0 Å². The van der Waals surface area contributed by atoms with Crippen molar-refractivity contribution in [2.24, 2.45) is 0 Å². The zero-order valence-corrected chi connectivity index (χ0v) is 11.9. The van der Waals surface area contributed by atoms with E-state index in [0.29, 0.717) is 18.5 Å². The van der Waals surface area contributed by atoms with Gasteiger partial charge in [-0.1, -0.05) is 48.2 Å². The average Bonchev–Trinajstić information content (AvgIpc) is 2.48. The zero-order chi connectivity index (χ0) is 14.4. The minimum absolute atomic E-state index is 0.483. The Morgan fingerprint density at radius 2 is 1.90 bits per heavy atom. The molecule has 1 N–H and O–H groups in total. The van der Waals surface area contributed by atoms with Gasteiger partial charge in [0.1, 0.15) is 0 Å². The third-order valence-corrected chi connectivity index (χ3v) is 4.31. The molecule has 102 valence electrons. The van der Waals surface area contributed by atoms with Crippen molar-refractivity contribution in [3.63, 3.8) is 0 Å². The van der Waals surface area contributed by atoms with Crippen LogP contribution in [-0.2, 0) is 11.3 Å². The summed E-state index contributed by atoms with van der Waals surface area (Å²) in [4.78, 5) is 23.6. The lowest BCUT2D eigenvalue weighted by atomic mass is 10.1. The van der Waals surface area contributed by atoms with E-state index in [2.05, 4.69) is 5.32 Å². The molecule has 0 fully saturated rings. The van der Waals surface area contributed by atoms with Crippen molar-refractivity contribution in [1.29, 1.82) is 0 Å². The highest BCUT2D eigenvalue weighted by Crippen LogP contribution is 2.34. The van der Waals surface area contributed by atoms with E-state index in [1.807, 2.05) is 43.3 Å². The number of carbonyl (C=O) groups excluding carboxylic acids is 2. The summed E-state index contributed by atoms with van der Waals surface area (Å²) >= 11 is 1.56. The predicted octanol–water partition coefficient (Wildman–Crippen LogP) is 3.20. The van der Waals surface area contributed by atoms with E-state index in [1.165, 1.54) is 0 Å². The maximum Gasteiger partial charge on any atom is 0.207 e. The Morgan fingerprint density at radius 1 is 1.10 bits per heavy atom. The molecule has 0 saturated heterocycles. The van der Waals surface area contributed by atoms with E-state index >= 15 is 0 Å². The smallest absolute Gasteiger partial charge is 0.207 e. The van der Waals surface area contributed by atoms with Gasteiger partial charge < -0.3 is 5.32 Å². The van der Waals surface area contributed by atoms with Gasteiger partial charge in [0.2, 0.25) is 6.41 Å². The first-order valence-electron chi connectivity index (χ1n) is 6.24. The molecular weight excluding hydrogens is 270 g/mol. The normalized spacial score (nSPS) is 10.1. The third-order valence-electron chi connectivity index (χ3n) is 2.93. The molecule has 0 bridgehead atoms. The van der Waals surface area contributed by atoms with E-state index in [-0.39, 0.29) is 0 Å². The fourth-order valence-corrected chi connectivity index (χ4v) is 3.03. The Labute approximate surface area is 122 Å². The summed E-state index contributed by atoms with van der Waals surface area (Å²) in [5, 5.41) is 2.68. The first-order valence-corrected chi connectivity index (χ1v) is 7.05. The Morgan fingerprint density at radius 3 is 2.65 bits per heavy atom. The minimum atomic E-state index is 0.483. The number of aldehydes is 1. The van der Waals surface area contributed by atoms with Crippen LogP contribution in [0.1, 0.15) is 21.5 Å². The monoisotopic (exact) mass is 285 g/mol. The van der Waals surface area contributed by atoms with Crippen LogP contribution in [-0.4, -0.2) is 12.7 Å². The van der Waals surface area contributed by atoms with Gasteiger partial charge in [-0.2, -0.15) is 0 Å². The highest BCUT2D eigenvalue weighted by atomic mass is 32.2. The second-order valence-corrected chi connectivity index (χ2v) is 5.37. The van der Waals surface area contributed by atoms with E-state index < -0.39 is 0 Å². The lowest BCUT2D eigenvalue weighted by Crippen LogP contribution is -2.10. The first-order chi connectivity index (χ1) is 9.76. The van der Waals surface area contributed by atoms with E-state index in [9.17, 15) is 9.59 Å². The molecule has 3 nitrogen and oxygen atoms in total. The van der Waals surface area contributed by atoms with Crippen molar-refractivity contribution in [2.45, 2.75) is 23.3 Å². The Bertz CT molecular complexity index is 626. The number of nitrogens with one attached hydrogen (secondary N) is 1. The van der Waals surface area contributed by atoms with Crippen molar-refractivity contribution in [3.05, 3.63) is 59.2 Å². The molecule has 2 rings (SSSR count). The molecule has 1 amide bonds. The summed E-state index contributed by atoms with van der Waals surface area (Å²) in [6.07, 6.45) is 1.56. The van der Waals surface area contributed by atoms with Crippen molar-refractivity contribution >= 4 is 24.5 Å². The minimum Gasteiger partial charge on any atom is -0.355 e. The molecule has 0 aliphatic carbocycles. The molecule has 4 heteroatoms. The van der Waals surface area contributed by atoms with Crippen LogP contribution in [0, 0.1) is 6.92 Å². The zero-order valence-electron chi connectivity index (χ0n) is 11.1. The van der Waals surface area contributed by atoms with Crippen LogP contribution < -0.4 is 5.32 Å². The van der Waals surface area contributed by atoms with Gasteiger partial charge in [-0.15, -0.1) is 0 Å². The second-order valence-electron chi connectivity index (χ2n) is 4.32. The average molecular weight is 285 g/mol. The van der Waals surface area contributed by atoms with E-state index in [1.54, 1.807) is 17.8 Å². The van der Waals surface area contributed by atoms with Gasteiger partial charge in [0.15, 0.2) is 6.29 Å². The number of amides is 1. The summed E-state index contributed by atoms with van der Waals surface area (Å²) in [5.41, 5.74) is 2.85. The van der Waals surface area contributed by atoms with Gasteiger partial charge in [0.05, 0.1) is 0 Å². The predicted molar refractivity (Wildman–Crippen MR) is 80.0 cm³/mol. The van der Waals surface area contributed by atoms with Crippen molar-refractivity contribution in [1.82, 2.24) is 5.32 Å². The number of benzene rings is 2. The lowest BCUT2D eigenvalue weighted by molar-refractivity contribution is -0.109. The molecule has 0 unspecified atom stereocenters. The molecule has 0 heterocycles. The molecule has 0 aromatic heterocycles. The fraction of sp³-hybridized carbons (Fsp3) is 0.125. The summed E-state index contributed by atoms with van der Waals surface area (Å²) in [6.45, 7) is 2.51. The number of rotatable bonds is 6. The molecule has 0 radical (unpaired) electrons. The molecular formula is C16H15NO2S. The van der Waals surface area contributed by atoms with Crippen molar-refractivity contribution < 1.29 is 9.59 Å². The van der Waals surface area contributed by atoms with E-state index in [4.69, 9.17) is 0 Å². The molecule has 2 aromatic carbocycles. The van der Waals surface area contributed by atoms with Gasteiger partial charge in [-0.05, 0) is 24.1 Å². The fourth-order valence-electron chi connectivity index (χ4n) is 1.93. The van der Waals surface area contributed by atoms with Crippen LogP contribution in [0.3, 0.4) is 0 Å². The van der Waals surface area contributed by atoms with Crippen molar-refractivity contribution in [3.8, 4) is 0 Å². The lowest BCUT2D eigenvalue weighted by Gasteiger charge is -2.12.